The highest BCUT2D eigenvalue weighted by Crippen LogP contribution is 2.26. The predicted octanol–water partition coefficient (Wildman–Crippen LogP) is 3.10. The van der Waals surface area contributed by atoms with Crippen molar-refractivity contribution in [3.63, 3.8) is 0 Å². The zero-order valence-corrected chi connectivity index (χ0v) is 12.9. The number of nitrogens with one attached hydrogen (secondary N) is 1. The van der Waals surface area contributed by atoms with Crippen LogP contribution < -0.4 is 10.1 Å². The molecule has 2 N–H and O–H groups in total. The fourth-order valence-corrected chi connectivity index (χ4v) is 3.28. The lowest BCUT2D eigenvalue weighted by molar-refractivity contribution is 0.101. The molecule has 1 aromatic carbocycles. The molecule has 0 aromatic heterocycles. The summed E-state index contributed by atoms with van der Waals surface area (Å²) in [6.07, 6.45) is 4.22. The Bertz CT molecular complexity index is 411. The maximum atomic E-state index is 9.64. The first kappa shape index (κ1) is 14.8. The molecule has 0 heterocycles. The Morgan fingerprint density at radius 1 is 1.42 bits per heavy atom. The van der Waals surface area contributed by atoms with Gasteiger partial charge in [0.2, 0.25) is 0 Å². The second-order valence-corrected chi connectivity index (χ2v) is 6.14. The molecule has 1 aliphatic rings. The van der Waals surface area contributed by atoms with Crippen LogP contribution in [0, 0.1) is 5.92 Å². The number of rotatable bonds is 5. The van der Waals surface area contributed by atoms with Crippen LogP contribution in [0.4, 0.5) is 0 Å². The summed E-state index contributed by atoms with van der Waals surface area (Å²) < 4.78 is 6.20. The van der Waals surface area contributed by atoms with Crippen molar-refractivity contribution in [3.8, 4) is 5.75 Å². The van der Waals surface area contributed by atoms with Crippen LogP contribution in [0.2, 0.25) is 0 Å². The number of benzene rings is 1. The molecule has 1 saturated carbocycles. The highest BCUT2D eigenvalue weighted by atomic mass is 79.9. The van der Waals surface area contributed by atoms with Gasteiger partial charge in [-0.1, -0.05) is 12.5 Å². The number of methoxy groups -OCH3 is 1. The standard InChI is InChI=1S/C15H22BrNO2/c1-19-15-6-5-12(8-14(15)16)10-17-9-11-3-2-4-13(18)7-11/h5-6,8,11,13,17-18H,2-4,7,9-10H2,1H3. The van der Waals surface area contributed by atoms with Crippen molar-refractivity contribution >= 4 is 15.9 Å². The molecule has 19 heavy (non-hydrogen) atoms. The zero-order chi connectivity index (χ0) is 13.7. The van der Waals surface area contributed by atoms with Crippen LogP contribution in [0.15, 0.2) is 22.7 Å². The predicted molar refractivity (Wildman–Crippen MR) is 80.4 cm³/mol. The molecule has 1 fully saturated rings. The molecule has 0 amide bonds. The molecule has 3 nitrogen and oxygen atoms in total. The van der Waals surface area contributed by atoms with E-state index in [-0.39, 0.29) is 6.10 Å². The first-order valence-electron chi connectivity index (χ1n) is 6.90. The fraction of sp³-hybridized carbons (Fsp3) is 0.600. The lowest BCUT2D eigenvalue weighted by atomic mass is 9.87. The Morgan fingerprint density at radius 3 is 2.95 bits per heavy atom. The second kappa shape index (κ2) is 7.27. The number of aliphatic hydroxyl groups is 1. The second-order valence-electron chi connectivity index (χ2n) is 5.29. The SMILES string of the molecule is COc1ccc(CNCC2CCCC(O)C2)cc1Br. The van der Waals surface area contributed by atoms with Crippen molar-refractivity contribution < 1.29 is 9.84 Å². The van der Waals surface area contributed by atoms with Gasteiger partial charge in [-0.25, -0.2) is 0 Å². The summed E-state index contributed by atoms with van der Waals surface area (Å²) in [5, 5.41) is 13.1. The van der Waals surface area contributed by atoms with Gasteiger partial charge in [0.25, 0.3) is 0 Å². The van der Waals surface area contributed by atoms with E-state index >= 15 is 0 Å². The van der Waals surface area contributed by atoms with Gasteiger partial charge >= 0.3 is 0 Å². The van der Waals surface area contributed by atoms with Crippen LogP contribution in [-0.4, -0.2) is 24.9 Å². The monoisotopic (exact) mass is 327 g/mol. The van der Waals surface area contributed by atoms with Crippen molar-refractivity contribution in [2.24, 2.45) is 5.92 Å². The molecule has 0 spiro atoms. The van der Waals surface area contributed by atoms with Gasteiger partial charge in [0, 0.05) is 6.54 Å². The molecular formula is C15H22BrNO2. The molecule has 0 saturated heterocycles. The largest absolute Gasteiger partial charge is 0.496 e. The lowest BCUT2D eigenvalue weighted by Crippen LogP contribution is -2.28. The molecule has 1 aliphatic carbocycles. The van der Waals surface area contributed by atoms with Crippen molar-refractivity contribution in [1.29, 1.82) is 0 Å². The molecule has 106 valence electrons. The van der Waals surface area contributed by atoms with Crippen LogP contribution in [0.1, 0.15) is 31.2 Å². The Morgan fingerprint density at radius 2 is 2.26 bits per heavy atom. The first-order valence-corrected chi connectivity index (χ1v) is 7.69. The van der Waals surface area contributed by atoms with Gasteiger partial charge in [-0.05, 0) is 65.4 Å². The number of hydrogen-bond donors (Lipinski definition) is 2. The number of aliphatic hydroxyl groups excluding tert-OH is 1. The summed E-state index contributed by atoms with van der Waals surface area (Å²) >= 11 is 3.50. The number of hydrogen-bond acceptors (Lipinski definition) is 3. The molecule has 2 unspecified atom stereocenters. The maximum absolute atomic E-state index is 9.64. The molecule has 4 heteroatoms. The van der Waals surface area contributed by atoms with Crippen LogP contribution in [0.5, 0.6) is 5.75 Å². The van der Waals surface area contributed by atoms with E-state index in [1.54, 1.807) is 7.11 Å². The smallest absolute Gasteiger partial charge is 0.133 e. The van der Waals surface area contributed by atoms with Gasteiger partial charge in [-0.3, -0.25) is 0 Å². The molecular weight excluding hydrogens is 306 g/mol. The van der Waals surface area contributed by atoms with Gasteiger partial charge in [-0.2, -0.15) is 0 Å². The normalized spacial score (nSPS) is 23.3. The zero-order valence-electron chi connectivity index (χ0n) is 11.4. The minimum Gasteiger partial charge on any atom is -0.496 e. The molecule has 0 bridgehead atoms. The number of halogens is 1. The van der Waals surface area contributed by atoms with E-state index in [9.17, 15) is 5.11 Å². The van der Waals surface area contributed by atoms with Crippen molar-refractivity contribution in [3.05, 3.63) is 28.2 Å². The van der Waals surface area contributed by atoms with Crippen LogP contribution in [0.25, 0.3) is 0 Å². The summed E-state index contributed by atoms with van der Waals surface area (Å²) in [6, 6.07) is 6.14. The van der Waals surface area contributed by atoms with Gasteiger partial charge in [0.15, 0.2) is 0 Å². The Balaban J connectivity index is 1.77. The van der Waals surface area contributed by atoms with Gasteiger partial charge in [0.1, 0.15) is 5.75 Å². The van der Waals surface area contributed by atoms with Crippen LogP contribution >= 0.6 is 15.9 Å². The third kappa shape index (κ3) is 4.48. The lowest BCUT2D eigenvalue weighted by Gasteiger charge is -2.26. The molecule has 2 rings (SSSR count). The fourth-order valence-electron chi connectivity index (χ4n) is 2.69. The van der Waals surface area contributed by atoms with E-state index in [4.69, 9.17) is 4.74 Å². The number of ether oxygens (including phenoxy) is 1. The average molecular weight is 328 g/mol. The third-order valence-electron chi connectivity index (χ3n) is 3.73. The highest BCUT2D eigenvalue weighted by molar-refractivity contribution is 9.10. The van der Waals surface area contributed by atoms with Crippen molar-refractivity contribution in [2.45, 2.75) is 38.3 Å². The summed E-state index contributed by atoms with van der Waals surface area (Å²) in [5.74, 6) is 1.48. The topological polar surface area (TPSA) is 41.5 Å². The van der Waals surface area contributed by atoms with E-state index in [0.717, 1.165) is 42.6 Å². The molecule has 1 aromatic rings. The van der Waals surface area contributed by atoms with Crippen LogP contribution in [-0.2, 0) is 6.54 Å². The van der Waals surface area contributed by atoms with Crippen LogP contribution in [0.3, 0.4) is 0 Å². The summed E-state index contributed by atoms with van der Waals surface area (Å²) in [6.45, 7) is 1.84. The van der Waals surface area contributed by atoms with E-state index < -0.39 is 0 Å². The minimum atomic E-state index is -0.0873. The van der Waals surface area contributed by atoms with E-state index in [1.807, 2.05) is 6.07 Å². The third-order valence-corrected chi connectivity index (χ3v) is 4.35. The minimum absolute atomic E-state index is 0.0873. The molecule has 0 radical (unpaired) electrons. The quantitative estimate of drug-likeness (QED) is 0.873. The highest BCUT2D eigenvalue weighted by Gasteiger charge is 2.19. The molecule has 0 aliphatic heterocycles. The summed E-state index contributed by atoms with van der Waals surface area (Å²) in [7, 11) is 1.67. The van der Waals surface area contributed by atoms with Gasteiger partial charge in [0.05, 0.1) is 17.7 Å². The maximum Gasteiger partial charge on any atom is 0.133 e. The van der Waals surface area contributed by atoms with Gasteiger partial charge < -0.3 is 15.2 Å². The Labute approximate surface area is 123 Å². The Kier molecular flexibility index (Phi) is 5.67. The summed E-state index contributed by atoms with van der Waals surface area (Å²) in [5.41, 5.74) is 1.24. The Hall–Kier alpha value is -0.580. The van der Waals surface area contributed by atoms with Gasteiger partial charge in [-0.15, -0.1) is 0 Å². The van der Waals surface area contributed by atoms with Crippen molar-refractivity contribution in [1.82, 2.24) is 5.32 Å². The van der Waals surface area contributed by atoms with E-state index in [1.165, 1.54) is 12.0 Å². The van der Waals surface area contributed by atoms with E-state index in [2.05, 4.69) is 33.4 Å². The van der Waals surface area contributed by atoms with E-state index in [0.29, 0.717) is 5.92 Å². The average Bonchev–Trinajstić information content (AvgIpc) is 2.39. The van der Waals surface area contributed by atoms with Crippen molar-refractivity contribution in [2.75, 3.05) is 13.7 Å². The summed E-state index contributed by atoms with van der Waals surface area (Å²) in [4.78, 5) is 0. The molecule has 2 atom stereocenters. The first-order chi connectivity index (χ1) is 9.19.